The van der Waals surface area contributed by atoms with Gasteiger partial charge in [0.25, 0.3) is 0 Å². The van der Waals surface area contributed by atoms with E-state index in [1.807, 2.05) is 6.07 Å². The maximum atomic E-state index is 13.4. The van der Waals surface area contributed by atoms with E-state index in [4.69, 9.17) is 5.26 Å². The Hall–Kier alpha value is -1.21. The number of carbonyl (C=O) groups is 1. The molecule has 0 radical (unpaired) electrons. The van der Waals surface area contributed by atoms with Gasteiger partial charge in [-0.1, -0.05) is 29.8 Å². The molecule has 84 valence electrons. The van der Waals surface area contributed by atoms with E-state index in [0.717, 1.165) is 0 Å². The van der Waals surface area contributed by atoms with Gasteiger partial charge in [-0.2, -0.15) is 5.26 Å². The molecule has 0 bridgehead atoms. The zero-order valence-corrected chi connectivity index (χ0v) is 10.6. The van der Waals surface area contributed by atoms with Crippen LogP contribution in [0.3, 0.4) is 0 Å². The third kappa shape index (κ3) is 2.67. The number of rotatable bonds is 3. The molecule has 0 aliphatic heterocycles. The Morgan fingerprint density at radius 2 is 2.12 bits per heavy atom. The molecule has 0 aliphatic carbocycles. The second-order valence-corrected chi connectivity index (χ2v) is 4.75. The molecule has 0 aromatic heterocycles. The molecule has 0 fully saturated rings. The molecule has 1 unspecified atom stereocenters. The maximum absolute atomic E-state index is 13.4. The molecular weight excluding hydrogens is 273 g/mol. The fraction of sp³-hybridized carbons (Fsp3) is 0.333. The number of ketones is 1. The molecule has 4 heteroatoms. The van der Waals surface area contributed by atoms with Gasteiger partial charge in [0.1, 0.15) is 11.7 Å². The summed E-state index contributed by atoms with van der Waals surface area (Å²) in [6, 6.07) is 6.05. The van der Waals surface area contributed by atoms with Gasteiger partial charge in [0.05, 0.1) is 11.6 Å². The molecule has 1 aromatic carbocycles. The van der Waals surface area contributed by atoms with Gasteiger partial charge in [0.2, 0.25) is 0 Å². The summed E-state index contributed by atoms with van der Waals surface area (Å²) in [6.07, 6.45) is 0. The molecular formula is C12H11BrFNO. The van der Waals surface area contributed by atoms with Crippen molar-refractivity contribution in [2.45, 2.75) is 13.8 Å². The first kappa shape index (κ1) is 12.9. The lowest BCUT2D eigenvalue weighted by Crippen LogP contribution is -2.19. The minimum atomic E-state index is -0.802. The van der Waals surface area contributed by atoms with E-state index >= 15 is 0 Å². The summed E-state index contributed by atoms with van der Waals surface area (Å²) in [4.78, 5) is 11.9. The van der Waals surface area contributed by atoms with Crippen molar-refractivity contribution < 1.29 is 9.18 Å². The number of Topliss-reactive ketones (excluding diaryl/α,β-unsaturated/α-hetero) is 1. The average Bonchev–Trinajstić information content (AvgIpc) is 2.22. The molecule has 0 aliphatic rings. The van der Waals surface area contributed by atoms with Gasteiger partial charge in [-0.25, -0.2) is 4.39 Å². The minimum absolute atomic E-state index is 0.0328. The van der Waals surface area contributed by atoms with Crippen LogP contribution < -0.4 is 0 Å². The largest absolute Gasteiger partial charge is 0.293 e. The van der Waals surface area contributed by atoms with Crippen molar-refractivity contribution in [3.05, 3.63) is 34.1 Å². The SMILES string of the molecule is CC(C)C(C#N)C(=O)c1cc(Br)ccc1F. The summed E-state index contributed by atoms with van der Waals surface area (Å²) >= 11 is 3.17. The summed E-state index contributed by atoms with van der Waals surface area (Å²) in [5.41, 5.74) is -0.0328. The number of nitriles is 1. The van der Waals surface area contributed by atoms with Crippen molar-refractivity contribution in [3.8, 4) is 6.07 Å². The van der Waals surface area contributed by atoms with E-state index in [1.165, 1.54) is 18.2 Å². The van der Waals surface area contributed by atoms with Crippen molar-refractivity contribution in [1.82, 2.24) is 0 Å². The van der Waals surface area contributed by atoms with Crippen LogP contribution in [0, 0.1) is 29.0 Å². The van der Waals surface area contributed by atoms with Gasteiger partial charge in [0.15, 0.2) is 5.78 Å². The fourth-order valence-electron chi connectivity index (χ4n) is 1.36. The first-order chi connectivity index (χ1) is 7.47. The molecule has 1 atom stereocenters. The molecule has 0 saturated heterocycles. The Kier molecular flexibility index (Phi) is 4.19. The maximum Gasteiger partial charge on any atom is 0.183 e. The first-order valence-corrected chi connectivity index (χ1v) is 5.65. The lowest BCUT2D eigenvalue weighted by molar-refractivity contribution is 0.0920. The van der Waals surface area contributed by atoms with E-state index in [1.54, 1.807) is 13.8 Å². The van der Waals surface area contributed by atoms with E-state index in [-0.39, 0.29) is 11.5 Å². The Bertz CT molecular complexity index is 451. The Balaban J connectivity index is 3.14. The van der Waals surface area contributed by atoms with E-state index in [2.05, 4.69) is 15.9 Å². The van der Waals surface area contributed by atoms with Crippen LogP contribution in [-0.4, -0.2) is 5.78 Å². The van der Waals surface area contributed by atoms with Crippen LogP contribution in [0.5, 0.6) is 0 Å². The van der Waals surface area contributed by atoms with Crippen LogP contribution in [0.4, 0.5) is 4.39 Å². The summed E-state index contributed by atoms with van der Waals surface area (Å²) < 4.78 is 14.1. The Labute approximate surface area is 102 Å². The van der Waals surface area contributed by atoms with Crippen LogP contribution in [0.1, 0.15) is 24.2 Å². The lowest BCUT2D eigenvalue weighted by atomic mass is 9.89. The van der Waals surface area contributed by atoms with Crippen LogP contribution in [-0.2, 0) is 0 Å². The minimum Gasteiger partial charge on any atom is -0.293 e. The van der Waals surface area contributed by atoms with Gasteiger partial charge in [0, 0.05) is 4.47 Å². The highest BCUT2D eigenvalue weighted by atomic mass is 79.9. The number of hydrogen-bond donors (Lipinski definition) is 0. The zero-order valence-electron chi connectivity index (χ0n) is 9.00. The molecule has 1 aromatic rings. The summed E-state index contributed by atoms with van der Waals surface area (Å²) in [5, 5.41) is 8.88. The number of halogens is 2. The highest BCUT2D eigenvalue weighted by Gasteiger charge is 2.25. The summed E-state index contributed by atoms with van der Waals surface area (Å²) in [7, 11) is 0. The Morgan fingerprint density at radius 1 is 1.50 bits per heavy atom. The lowest BCUT2D eigenvalue weighted by Gasteiger charge is -2.12. The smallest absolute Gasteiger partial charge is 0.183 e. The molecule has 0 N–H and O–H groups in total. The molecule has 0 spiro atoms. The molecule has 2 nitrogen and oxygen atoms in total. The first-order valence-electron chi connectivity index (χ1n) is 4.86. The quantitative estimate of drug-likeness (QED) is 0.796. The zero-order chi connectivity index (χ0) is 12.3. The molecule has 1 rings (SSSR count). The normalized spacial score (nSPS) is 12.2. The van der Waals surface area contributed by atoms with Gasteiger partial charge < -0.3 is 0 Å². The van der Waals surface area contributed by atoms with Crippen LogP contribution in [0.25, 0.3) is 0 Å². The number of hydrogen-bond acceptors (Lipinski definition) is 2. The monoisotopic (exact) mass is 283 g/mol. The number of benzene rings is 1. The second kappa shape index (κ2) is 5.22. The van der Waals surface area contributed by atoms with Crippen LogP contribution >= 0.6 is 15.9 Å². The average molecular weight is 284 g/mol. The van der Waals surface area contributed by atoms with E-state index in [9.17, 15) is 9.18 Å². The number of nitrogens with zero attached hydrogens (tertiary/aromatic N) is 1. The van der Waals surface area contributed by atoms with E-state index in [0.29, 0.717) is 4.47 Å². The van der Waals surface area contributed by atoms with Crippen molar-refractivity contribution in [1.29, 1.82) is 5.26 Å². The van der Waals surface area contributed by atoms with Crippen molar-refractivity contribution in [2.24, 2.45) is 11.8 Å². The van der Waals surface area contributed by atoms with Gasteiger partial charge in [-0.15, -0.1) is 0 Å². The van der Waals surface area contributed by atoms with Crippen LogP contribution in [0.15, 0.2) is 22.7 Å². The summed E-state index contributed by atoms with van der Waals surface area (Å²) in [5.74, 6) is -1.98. The molecule has 0 amide bonds. The second-order valence-electron chi connectivity index (χ2n) is 3.84. The van der Waals surface area contributed by atoms with Gasteiger partial charge >= 0.3 is 0 Å². The van der Waals surface area contributed by atoms with Gasteiger partial charge in [-0.3, -0.25) is 4.79 Å². The Morgan fingerprint density at radius 3 is 2.62 bits per heavy atom. The third-order valence-electron chi connectivity index (χ3n) is 2.28. The molecule has 0 heterocycles. The summed E-state index contributed by atoms with van der Waals surface area (Å²) in [6.45, 7) is 3.53. The van der Waals surface area contributed by atoms with Gasteiger partial charge in [-0.05, 0) is 24.1 Å². The third-order valence-corrected chi connectivity index (χ3v) is 2.78. The molecule has 0 saturated carbocycles. The topological polar surface area (TPSA) is 40.9 Å². The van der Waals surface area contributed by atoms with Crippen molar-refractivity contribution in [3.63, 3.8) is 0 Å². The highest BCUT2D eigenvalue weighted by molar-refractivity contribution is 9.10. The standard InChI is InChI=1S/C12H11BrFNO/c1-7(2)10(6-15)12(16)9-5-8(13)3-4-11(9)14/h3-5,7,10H,1-2H3. The van der Waals surface area contributed by atoms with Crippen molar-refractivity contribution in [2.75, 3.05) is 0 Å². The fourth-order valence-corrected chi connectivity index (χ4v) is 1.73. The predicted molar refractivity (Wildman–Crippen MR) is 62.4 cm³/mol. The highest BCUT2D eigenvalue weighted by Crippen LogP contribution is 2.22. The predicted octanol–water partition coefficient (Wildman–Crippen LogP) is 3.57. The van der Waals surface area contributed by atoms with Crippen LogP contribution in [0.2, 0.25) is 0 Å². The van der Waals surface area contributed by atoms with E-state index < -0.39 is 17.5 Å². The molecule has 16 heavy (non-hydrogen) atoms. The number of carbonyl (C=O) groups excluding carboxylic acids is 1. The van der Waals surface area contributed by atoms with Crippen molar-refractivity contribution >= 4 is 21.7 Å².